The molecule has 0 fully saturated rings. The first-order valence-corrected chi connectivity index (χ1v) is 9.02. The van der Waals surface area contributed by atoms with Crippen LogP contribution in [0, 0.1) is 0 Å². The smallest absolute Gasteiger partial charge is 0.272 e. The van der Waals surface area contributed by atoms with Crippen molar-refractivity contribution in [3.8, 4) is 5.75 Å². The molecule has 1 atom stereocenters. The van der Waals surface area contributed by atoms with E-state index in [0.717, 1.165) is 22.1 Å². The number of benzene rings is 1. The molecule has 2 N–H and O–H groups in total. The largest absolute Gasteiger partial charge is 0.487 e. The minimum absolute atomic E-state index is 0.213. The minimum Gasteiger partial charge on any atom is -0.487 e. The van der Waals surface area contributed by atoms with Crippen molar-refractivity contribution in [1.82, 2.24) is 24.9 Å². The Morgan fingerprint density at radius 2 is 2.23 bits per heavy atom. The number of para-hydroxylation sites is 1. The number of aromatic nitrogens is 4. The number of thiazole rings is 1. The molecular formula is C18H17N5O2S. The van der Waals surface area contributed by atoms with Crippen LogP contribution in [0.25, 0.3) is 4.96 Å². The molecule has 0 bridgehead atoms. The number of nitrogens with zero attached hydrogens (tertiary/aromatic N) is 3. The Balaban J connectivity index is 1.37. The van der Waals surface area contributed by atoms with E-state index in [1.54, 1.807) is 17.4 Å². The lowest BCUT2D eigenvalue weighted by atomic mass is 10.2. The molecule has 3 aromatic heterocycles. The number of imidazole rings is 1. The number of carbonyl (C=O) groups excluding carboxylic acids is 1. The van der Waals surface area contributed by atoms with Crippen LogP contribution in [0.1, 0.15) is 34.8 Å². The number of H-pyrrole nitrogens is 1. The minimum atomic E-state index is -0.254. The van der Waals surface area contributed by atoms with Gasteiger partial charge in [0.2, 0.25) is 0 Å². The van der Waals surface area contributed by atoms with Crippen LogP contribution in [0.5, 0.6) is 5.75 Å². The fourth-order valence-electron chi connectivity index (χ4n) is 2.53. The Hall–Kier alpha value is -3.13. The lowest BCUT2D eigenvalue weighted by molar-refractivity contribution is 0.0934. The summed E-state index contributed by atoms with van der Waals surface area (Å²) >= 11 is 1.56. The molecule has 132 valence electrons. The first-order valence-electron chi connectivity index (χ1n) is 8.14. The molecule has 0 saturated heterocycles. The third-order valence-electron chi connectivity index (χ3n) is 3.90. The Bertz CT molecular complexity index is 992. The van der Waals surface area contributed by atoms with Gasteiger partial charge in [-0.15, -0.1) is 11.3 Å². The van der Waals surface area contributed by atoms with E-state index in [2.05, 4.69) is 20.5 Å². The highest BCUT2D eigenvalue weighted by Crippen LogP contribution is 2.17. The van der Waals surface area contributed by atoms with E-state index in [1.165, 1.54) is 0 Å². The van der Waals surface area contributed by atoms with E-state index in [-0.39, 0.29) is 11.9 Å². The molecule has 0 aliphatic rings. The van der Waals surface area contributed by atoms with E-state index in [4.69, 9.17) is 4.74 Å². The van der Waals surface area contributed by atoms with Gasteiger partial charge < -0.3 is 10.1 Å². The zero-order valence-electron chi connectivity index (χ0n) is 14.0. The molecule has 0 aliphatic heterocycles. The molecule has 3 heterocycles. The van der Waals surface area contributed by atoms with Gasteiger partial charge in [0.15, 0.2) is 4.96 Å². The predicted octanol–water partition coefficient (Wildman–Crippen LogP) is 3.19. The first-order chi connectivity index (χ1) is 12.7. The maximum Gasteiger partial charge on any atom is 0.272 e. The summed E-state index contributed by atoms with van der Waals surface area (Å²) < 4.78 is 7.59. The van der Waals surface area contributed by atoms with Crippen molar-refractivity contribution in [1.29, 1.82) is 0 Å². The van der Waals surface area contributed by atoms with Gasteiger partial charge in [-0.25, -0.2) is 4.98 Å². The quantitative estimate of drug-likeness (QED) is 0.548. The van der Waals surface area contributed by atoms with Crippen molar-refractivity contribution in [2.24, 2.45) is 0 Å². The van der Waals surface area contributed by atoms with Gasteiger partial charge in [0.05, 0.1) is 17.4 Å². The summed E-state index contributed by atoms with van der Waals surface area (Å²) in [6.45, 7) is 2.22. The van der Waals surface area contributed by atoms with E-state index < -0.39 is 0 Å². The molecule has 0 aliphatic carbocycles. The summed E-state index contributed by atoms with van der Waals surface area (Å²) in [6, 6.07) is 11.0. The summed E-state index contributed by atoms with van der Waals surface area (Å²) in [6.07, 6.45) is 3.86. The molecule has 8 heteroatoms. The van der Waals surface area contributed by atoms with E-state index >= 15 is 0 Å². The summed E-state index contributed by atoms with van der Waals surface area (Å²) in [5.74, 6) is 0.512. The van der Waals surface area contributed by atoms with E-state index in [0.29, 0.717) is 12.3 Å². The second-order valence-electron chi connectivity index (χ2n) is 5.83. The second kappa shape index (κ2) is 7.01. The fraction of sp³-hybridized carbons (Fsp3) is 0.167. The highest BCUT2D eigenvalue weighted by atomic mass is 32.1. The number of hydrogen-bond donors (Lipinski definition) is 2. The third kappa shape index (κ3) is 3.45. The summed E-state index contributed by atoms with van der Waals surface area (Å²) in [5, 5.41) is 11.8. The zero-order chi connectivity index (χ0) is 17.9. The van der Waals surface area contributed by atoms with Crippen LogP contribution in [0.3, 0.4) is 0 Å². The van der Waals surface area contributed by atoms with Gasteiger partial charge in [-0.05, 0) is 25.1 Å². The molecule has 1 amide bonds. The molecule has 26 heavy (non-hydrogen) atoms. The van der Waals surface area contributed by atoms with Gasteiger partial charge in [0.25, 0.3) is 5.91 Å². The average molecular weight is 367 g/mol. The van der Waals surface area contributed by atoms with Gasteiger partial charge in [0, 0.05) is 17.8 Å². The standard InChI is InChI=1S/C18H17N5O2S/c1-12(16-10-23-7-8-26-18(23)20-16)19-17(24)15-9-13(21-22-15)11-25-14-5-3-2-4-6-14/h2-10,12H,11H2,1H3,(H,19,24)(H,21,22)/t12-/m0/s1. The van der Waals surface area contributed by atoms with Crippen molar-refractivity contribution in [2.45, 2.75) is 19.6 Å². The van der Waals surface area contributed by atoms with Crippen molar-refractivity contribution in [2.75, 3.05) is 0 Å². The van der Waals surface area contributed by atoms with Crippen LogP contribution >= 0.6 is 11.3 Å². The van der Waals surface area contributed by atoms with Gasteiger partial charge in [-0.3, -0.25) is 14.3 Å². The third-order valence-corrected chi connectivity index (χ3v) is 4.67. The Morgan fingerprint density at radius 3 is 3.04 bits per heavy atom. The van der Waals surface area contributed by atoms with Crippen LogP contribution in [0.2, 0.25) is 0 Å². The number of hydrogen-bond acceptors (Lipinski definition) is 5. The van der Waals surface area contributed by atoms with Crippen molar-refractivity contribution in [3.05, 3.63) is 71.3 Å². The maximum atomic E-state index is 12.4. The highest BCUT2D eigenvalue weighted by molar-refractivity contribution is 7.15. The Labute approximate surface area is 153 Å². The van der Waals surface area contributed by atoms with Crippen LogP contribution in [0.4, 0.5) is 0 Å². The number of rotatable bonds is 6. The molecular weight excluding hydrogens is 350 g/mol. The number of ether oxygens (including phenoxy) is 1. The van der Waals surface area contributed by atoms with E-state index in [9.17, 15) is 4.79 Å². The van der Waals surface area contributed by atoms with Gasteiger partial charge in [-0.1, -0.05) is 18.2 Å². The predicted molar refractivity (Wildman–Crippen MR) is 98.3 cm³/mol. The molecule has 4 aromatic rings. The topological polar surface area (TPSA) is 84.3 Å². The van der Waals surface area contributed by atoms with Crippen LogP contribution in [-0.4, -0.2) is 25.5 Å². The van der Waals surface area contributed by atoms with Gasteiger partial charge in [0.1, 0.15) is 18.1 Å². The van der Waals surface area contributed by atoms with Crippen molar-refractivity contribution < 1.29 is 9.53 Å². The summed E-state index contributed by atoms with van der Waals surface area (Å²) in [7, 11) is 0. The number of carbonyl (C=O) groups is 1. The number of aromatic amines is 1. The number of fused-ring (bicyclic) bond motifs is 1. The van der Waals surface area contributed by atoms with Crippen molar-refractivity contribution >= 4 is 22.2 Å². The number of nitrogens with one attached hydrogen (secondary N) is 2. The molecule has 0 unspecified atom stereocenters. The Morgan fingerprint density at radius 1 is 1.38 bits per heavy atom. The highest BCUT2D eigenvalue weighted by Gasteiger charge is 2.17. The average Bonchev–Trinajstić information content (AvgIpc) is 3.36. The van der Waals surface area contributed by atoms with E-state index in [1.807, 2.05) is 59.4 Å². The summed E-state index contributed by atoms with van der Waals surface area (Å²) in [5.41, 5.74) is 1.87. The second-order valence-corrected chi connectivity index (χ2v) is 6.71. The normalized spacial score (nSPS) is 12.2. The summed E-state index contributed by atoms with van der Waals surface area (Å²) in [4.78, 5) is 17.8. The van der Waals surface area contributed by atoms with Crippen molar-refractivity contribution in [3.63, 3.8) is 0 Å². The molecule has 0 saturated carbocycles. The van der Waals surface area contributed by atoms with Crippen LogP contribution in [0.15, 0.2) is 54.2 Å². The molecule has 4 rings (SSSR count). The lowest BCUT2D eigenvalue weighted by Gasteiger charge is -2.09. The number of amides is 1. The van der Waals surface area contributed by atoms with Gasteiger partial charge >= 0.3 is 0 Å². The molecule has 1 aromatic carbocycles. The SMILES string of the molecule is C[C@H](NC(=O)c1cc(COc2ccccc2)[nH]n1)c1cn2ccsc2n1. The Kier molecular flexibility index (Phi) is 4.40. The molecule has 0 spiro atoms. The fourth-order valence-corrected chi connectivity index (χ4v) is 3.24. The maximum absolute atomic E-state index is 12.4. The monoisotopic (exact) mass is 367 g/mol. The first kappa shape index (κ1) is 16.3. The van der Waals surface area contributed by atoms with Crippen LogP contribution < -0.4 is 10.1 Å². The zero-order valence-corrected chi connectivity index (χ0v) is 14.9. The molecule has 0 radical (unpaired) electrons. The lowest BCUT2D eigenvalue weighted by Crippen LogP contribution is -2.27. The molecule has 7 nitrogen and oxygen atoms in total. The van der Waals surface area contributed by atoms with Gasteiger partial charge in [-0.2, -0.15) is 5.10 Å². The van der Waals surface area contributed by atoms with Crippen LogP contribution in [-0.2, 0) is 6.61 Å².